The van der Waals surface area contributed by atoms with Crippen LogP contribution in [0, 0.1) is 23.2 Å². The molecule has 3 heteroatoms. The number of unbranched alkanes of at least 4 members (excludes halogenated alkanes) is 1. The molecule has 2 aliphatic carbocycles. The van der Waals surface area contributed by atoms with Gasteiger partial charge in [0, 0.05) is 24.2 Å². The fourth-order valence-corrected chi connectivity index (χ4v) is 4.53. The SMILES string of the molecule is CCCCC1CCC(c2cnc(C3CCC(C#N)CC3)nc2)CC1. The van der Waals surface area contributed by atoms with Crippen LogP contribution in [0.3, 0.4) is 0 Å². The lowest BCUT2D eigenvalue weighted by Crippen LogP contribution is -2.16. The van der Waals surface area contributed by atoms with E-state index in [9.17, 15) is 0 Å². The van der Waals surface area contributed by atoms with E-state index in [1.807, 2.05) is 0 Å². The van der Waals surface area contributed by atoms with Crippen LogP contribution in [-0.4, -0.2) is 9.97 Å². The van der Waals surface area contributed by atoms with Gasteiger partial charge >= 0.3 is 0 Å². The largest absolute Gasteiger partial charge is 0.241 e. The first-order chi connectivity index (χ1) is 11.8. The van der Waals surface area contributed by atoms with E-state index in [-0.39, 0.29) is 5.92 Å². The van der Waals surface area contributed by atoms with Crippen molar-refractivity contribution in [2.24, 2.45) is 11.8 Å². The van der Waals surface area contributed by atoms with Crippen LogP contribution in [-0.2, 0) is 0 Å². The zero-order valence-electron chi connectivity index (χ0n) is 15.1. The summed E-state index contributed by atoms with van der Waals surface area (Å²) in [6.45, 7) is 2.29. The van der Waals surface area contributed by atoms with Gasteiger partial charge in [0.2, 0.25) is 0 Å². The Balaban J connectivity index is 1.51. The van der Waals surface area contributed by atoms with Crippen molar-refractivity contribution in [2.75, 3.05) is 0 Å². The molecule has 0 unspecified atom stereocenters. The van der Waals surface area contributed by atoms with Crippen molar-refractivity contribution < 1.29 is 0 Å². The molecule has 0 spiro atoms. The second-order valence-electron chi connectivity index (χ2n) is 7.91. The molecule has 130 valence electrons. The number of aromatic nitrogens is 2. The molecule has 2 aliphatic rings. The van der Waals surface area contributed by atoms with E-state index in [1.54, 1.807) is 0 Å². The number of rotatable bonds is 5. The third kappa shape index (κ3) is 4.35. The van der Waals surface area contributed by atoms with Crippen LogP contribution in [0.2, 0.25) is 0 Å². The lowest BCUT2D eigenvalue weighted by Gasteiger charge is -2.29. The molecule has 3 nitrogen and oxygen atoms in total. The van der Waals surface area contributed by atoms with Crippen molar-refractivity contribution in [1.82, 2.24) is 9.97 Å². The number of hydrogen-bond donors (Lipinski definition) is 0. The maximum atomic E-state index is 9.01. The molecule has 0 bridgehead atoms. The highest BCUT2D eigenvalue weighted by atomic mass is 14.9. The molecule has 1 aromatic heterocycles. The Kier molecular flexibility index (Phi) is 6.24. The molecule has 2 fully saturated rings. The van der Waals surface area contributed by atoms with E-state index in [0.717, 1.165) is 37.4 Å². The van der Waals surface area contributed by atoms with Gasteiger partial charge in [0.05, 0.1) is 6.07 Å². The smallest absolute Gasteiger partial charge is 0.131 e. The molecule has 0 N–H and O–H groups in total. The molecule has 3 rings (SSSR count). The van der Waals surface area contributed by atoms with Gasteiger partial charge in [0.25, 0.3) is 0 Å². The molecule has 1 heterocycles. The van der Waals surface area contributed by atoms with Gasteiger partial charge in [-0.15, -0.1) is 0 Å². The average molecular weight is 326 g/mol. The van der Waals surface area contributed by atoms with Gasteiger partial charge in [-0.05, 0) is 68.8 Å². The molecule has 1 aromatic rings. The summed E-state index contributed by atoms with van der Waals surface area (Å²) in [5.41, 5.74) is 1.35. The second-order valence-corrected chi connectivity index (χ2v) is 7.91. The second kappa shape index (κ2) is 8.60. The van der Waals surface area contributed by atoms with Crippen LogP contribution >= 0.6 is 0 Å². The lowest BCUT2D eigenvalue weighted by molar-refractivity contribution is 0.303. The molecule has 0 aliphatic heterocycles. The monoisotopic (exact) mass is 325 g/mol. The van der Waals surface area contributed by atoms with Crippen molar-refractivity contribution in [3.8, 4) is 6.07 Å². The van der Waals surface area contributed by atoms with Gasteiger partial charge in [-0.1, -0.05) is 26.2 Å². The summed E-state index contributed by atoms with van der Waals surface area (Å²) in [6, 6.07) is 2.40. The molecular formula is C21H31N3. The van der Waals surface area contributed by atoms with Crippen LogP contribution in [0.5, 0.6) is 0 Å². The minimum Gasteiger partial charge on any atom is -0.241 e. The van der Waals surface area contributed by atoms with E-state index in [0.29, 0.717) is 11.8 Å². The summed E-state index contributed by atoms with van der Waals surface area (Å²) in [7, 11) is 0. The lowest BCUT2D eigenvalue weighted by atomic mass is 9.77. The molecule has 0 amide bonds. The van der Waals surface area contributed by atoms with E-state index in [1.165, 1.54) is 50.5 Å². The van der Waals surface area contributed by atoms with E-state index in [4.69, 9.17) is 15.2 Å². The predicted molar refractivity (Wildman–Crippen MR) is 96.6 cm³/mol. The summed E-state index contributed by atoms with van der Waals surface area (Å²) in [6.07, 6.45) is 17.9. The quantitative estimate of drug-likeness (QED) is 0.693. The fraction of sp³-hybridized carbons (Fsp3) is 0.762. The molecule has 0 aromatic carbocycles. The first-order valence-corrected chi connectivity index (χ1v) is 10.0. The van der Waals surface area contributed by atoms with Crippen molar-refractivity contribution in [1.29, 1.82) is 5.26 Å². The number of hydrogen-bond acceptors (Lipinski definition) is 3. The van der Waals surface area contributed by atoms with Gasteiger partial charge in [-0.2, -0.15) is 5.26 Å². The van der Waals surface area contributed by atoms with Gasteiger partial charge in [0.1, 0.15) is 5.82 Å². The Morgan fingerprint density at radius 2 is 1.58 bits per heavy atom. The first-order valence-electron chi connectivity index (χ1n) is 10.0. The summed E-state index contributed by atoms with van der Waals surface area (Å²) >= 11 is 0. The van der Waals surface area contributed by atoms with Gasteiger partial charge in [-0.25, -0.2) is 9.97 Å². The van der Waals surface area contributed by atoms with Crippen LogP contribution in [0.1, 0.15) is 101 Å². The Hall–Kier alpha value is -1.43. The maximum Gasteiger partial charge on any atom is 0.131 e. The topological polar surface area (TPSA) is 49.6 Å². The van der Waals surface area contributed by atoms with Crippen LogP contribution in [0.15, 0.2) is 12.4 Å². The van der Waals surface area contributed by atoms with Gasteiger partial charge < -0.3 is 0 Å². The van der Waals surface area contributed by atoms with Crippen LogP contribution < -0.4 is 0 Å². The van der Waals surface area contributed by atoms with Crippen LogP contribution in [0.25, 0.3) is 0 Å². The minimum absolute atomic E-state index is 0.253. The standard InChI is InChI=1S/C21H31N3/c1-2-3-4-16-5-9-18(10-6-16)20-14-23-21(24-15-20)19-11-7-17(13-22)8-12-19/h14-19H,2-12H2,1H3. The Labute approximate surface area is 146 Å². The average Bonchev–Trinajstić information content (AvgIpc) is 2.67. The van der Waals surface area contributed by atoms with Crippen LogP contribution in [0.4, 0.5) is 0 Å². The Bertz CT molecular complexity index is 529. The minimum atomic E-state index is 0.253. The number of nitrogens with zero attached hydrogens (tertiary/aromatic N) is 3. The molecule has 0 atom stereocenters. The van der Waals surface area contributed by atoms with E-state index >= 15 is 0 Å². The van der Waals surface area contributed by atoms with Crippen molar-refractivity contribution in [3.05, 3.63) is 23.8 Å². The van der Waals surface area contributed by atoms with E-state index < -0.39 is 0 Å². The van der Waals surface area contributed by atoms with Gasteiger partial charge in [0.15, 0.2) is 0 Å². The molecule has 0 radical (unpaired) electrons. The van der Waals surface area contributed by atoms with Crippen molar-refractivity contribution >= 4 is 0 Å². The Morgan fingerprint density at radius 3 is 2.17 bits per heavy atom. The first kappa shape index (κ1) is 17.4. The highest BCUT2D eigenvalue weighted by molar-refractivity contribution is 5.14. The summed E-state index contributed by atoms with van der Waals surface area (Å²) < 4.78 is 0. The normalized spacial score (nSPS) is 30.7. The molecule has 24 heavy (non-hydrogen) atoms. The van der Waals surface area contributed by atoms with Crippen molar-refractivity contribution in [2.45, 2.75) is 89.4 Å². The summed E-state index contributed by atoms with van der Waals surface area (Å²) in [5, 5.41) is 9.01. The molecular weight excluding hydrogens is 294 g/mol. The third-order valence-electron chi connectivity index (χ3n) is 6.25. The summed E-state index contributed by atoms with van der Waals surface area (Å²) in [4.78, 5) is 9.41. The molecule has 2 saturated carbocycles. The highest BCUT2D eigenvalue weighted by Crippen LogP contribution is 2.38. The third-order valence-corrected chi connectivity index (χ3v) is 6.25. The predicted octanol–water partition coefficient (Wildman–Crippen LogP) is 5.74. The maximum absolute atomic E-state index is 9.01. The van der Waals surface area contributed by atoms with E-state index in [2.05, 4.69) is 25.4 Å². The zero-order chi connectivity index (χ0) is 16.8. The summed E-state index contributed by atoms with van der Waals surface area (Å²) in [5.74, 6) is 3.35. The fourth-order valence-electron chi connectivity index (χ4n) is 4.53. The van der Waals surface area contributed by atoms with Gasteiger partial charge in [-0.3, -0.25) is 0 Å². The Morgan fingerprint density at radius 1 is 0.958 bits per heavy atom. The highest BCUT2D eigenvalue weighted by Gasteiger charge is 2.25. The molecule has 0 saturated heterocycles. The van der Waals surface area contributed by atoms with Crippen molar-refractivity contribution in [3.63, 3.8) is 0 Å². The number of nitriles is 1. The zero-order valence-corrected chi connectivity index (χ0v) is 15.1.